The van der Waals surface area contributed by atoms with E-state index in [4.69, 9.17) is 0 Å². The van der Waals surface area contributed by atoms with Crippen LogP contribution in [0.5, 0.6) is 0 Å². The van der Waals surface area contributed by atoms with E-state index in [-0.39, 0.29) is 5.41 Å². The molecule has 9 aromatic rings. The number of anilines is 3. The normalized spacial score (nSPS) is 17.7. The SMILES string of the molecule is C1=CCC(c2cc(-c3ccc(/C=C/c4ccc(/C=C/c5ccc6c(c5)C5(CCCC5)c5cc(N(c7ccccc7)c7ccccc7)ccc5-6)s4)s3)c(C3C=CC=CC3)c3c2-c2cccc4cccc-3c24)C=C1. The standard InChI is InChI=1S/C69H53NS2/c1-5-17-47(18-6-1)60-45-61(66(49-19-7-2-8-20-49)68-59-28-16-22-48-21-15-27-58(65(48)59)67(60)68)64-40-37-55(72-64)36-35-54-34-33-53(71-54)32-29-46-30-38-56-57-39-31-52(44-63(57)69(62(56)43-46)41-13-14-42-69)70(50-23-9-3-10-24-50)51-25-11-4-12-26-51/h1-12,15-17,19,21-40,43-45,47,49H,13-14,18,20,41-42H2/b32-29+,36-35+. The van der Waals surface area contributed by atoms with Gasteiger partial charge in [-0.05, 0) is 188 Å². The summed E-state index contributed by atoms with van der Waals surface area (Å²) >= 11 is 3.77. The van der Waals surface area contributed by atoms with Crippen LogP contribution >= 0.6 is 22.7 Å². The lowest BCUT2D eigenvalue weighted by atomic mass is 9.76. The van der Waals surface area contributed by atoms with Crippen molar-refractivity contribution in [2.75, 3.05) is 4.90 Å². The van der Waals surface area contributed by atoms with Crippen LogP contribution in [0, 0.1) is 0 Å². The van der Waals surface area contributed by atoms with Crippen LogP contribution in [0.25, 0.3) is 78.9 Å². The minimum Gasteiger partial charge on any atom is -0.310 e. The Morgan fingerprint density at radius 1 is 0.458 bits per heavy atom. The van der Waals surface area contributed by atoms with Gasteiger partial charge < -0.3 is 4.90 Å². The molecule has 1 fully saturated rings. The molecule has 1 nitrogen and oxygen atoms in total. The highest BCUT2D eigenvalue weighted by molar-refractivity contribution is 7.16. The van der Waals surface area contributed by atoms with Crippen LogP contribution < -0.4 is 4.90 Å². The number of benzene rings is 7. The number of allylic oxidation sites excluding steroid dienone is 8. The van der Waals surface area contributed by atoms with Gasteiger partial charge in [0, 0.05) is 53.8 Å². The molecule has 0 saturated heterocycles. The van der Waals surface area contributed by atoms with Crippen molar-refractivity contribution in [3.8, 4) is 43.8 Å². The minimum absolute atomic E-state index is 0.0472. The quantitative estimate of drug-likeness (QED) is 0.132. The van der Waals surface area contributed by atoms with Crippen LogP contribution in [0.4, 0.5) is 17.1 Å². The number of thiophene rings is 2. The predicted octanol–water partition coefficient (Wildman–Crippen LogP) is 20.1. The molecule has 72 heavy (non-hydrogen) atoms. The zero-order valence-electron chi connectivity index (χ0n) is 40.2. The Bertz CT molecular complexity index is 3720. The first-order valence-corrected chi connectivity index (χ1v) is 27.5. The van der Waals surface area contributed by atoms with E-state index in [0.717, 1.165) is 12.8 Å². The van der Waals surface area contributed by atoms with Crippen LogP contribution in [0.15, 0.2) is 212 Å². The summed E-state index contributed by atoms with van der Waals surface area (Å²) in [5.41, 5.74) is 20.6. The molecule has 2 heterocycles. The van der Waals surface area contributed by atoms with Gasteiger partial charge in [-0.1, -0.05) is 165 Å². The maximum Gasteiger partial charge on any atom is 0.0465 e. The molecule has 5 aliphatic rings. The van der Waals surface area contributed by atoms with Gasteiger partial charge in [-0.2, -0.15) is 0 Å². The smallest absolute Gasteiger partial charge is 0.0465 e. The predicted molar refractivity (Wildman–Crippen MR) is 311 cm³/mol. The fourth-order valence-electron chi connectivity index (χ4n) is 12.9. The van der Waals surface area contributed by atoms with E-state index in [2.05, 4.69) is 242 Å². The topological polar surface area (TPSA) is 3.24 Å². The minimum atomic E-state index is 0.0472. The van der Waals surface area contributed by atoms with Crippen molar-refractivity contribution in [2.24, 2.45) is 0 Å². The zero-order chi connectivity index (χ0) is 47.6. The van der Waals surface area contributed by atoms with Gasteiger partial charge in [0.2, 0.25) is 0 Å². The number of hydrogen-bond acceptors (Lipinski definition) is 3. The molecule has 0 N–H and O–H groups in total. The Morgan fingerprint density at radius 2 is 1.07 bits per heavy atom. The number of nitrogens with zero attached hydrogens (tertiary/aromatic N) is 1. The van der Waals surface area contributed by atoms with Crippen molar-refractivity contribution >= 4 is 74.8 Å². The number of para-hydroxylation sites is 2. The van der Waals surface area contributed by atoms with Gasteiger partial charge in [0.15, 0.2) is 0 Å². The molecule has 5 aliphatic carbocycles. The Labute approximate surface area is 431 Å². The highest BCUT2D eigenvalue weighted by Gasteiger charge is 2.45. The second-order valence-corrected chi connectivity index (χ2v) is 22.4. The summed E-state index contributed by atoms with van der Waals surface area (Å²) in [6, 6.07) is 61.7. The molecule has 3 heteroatoms. The molecule has 2 aromatic heterocycles. The second-order valence-electron chi connectivity index (χ2n) is 20.1. The van der Waals surface area contributed by atoms with Crippen LogP contribution in [0.2, 0.25) is 0 Å². The van der Waals surface area contributed by atoms with Crippen molar-refractivity contribution in [1.82, 2.24) is 0 Å². The molecule has 0 bridgehead atoms. The molecule has 14 rings (SSSR count). The lowest BCUT2D eigenvalue weighted by Crippen LogP contribution is -2.21. The van der Waals surface area contributed by atoms with E-state index in [1.165, 1.54) is 140 Å². The molecule has 0 radical (unpaired) electrons. The maximum absolute atomic E-state index is 2.58. The summed E-state index contributed by atoms with van der Waals surface area (Å²) in [5, 5.41) is 2.73. The van der Waals surface area contributed by atoms with E-state index in [1.807, 2.05) is 22.7 Å². The number of hydrogen-bond donors (Lipinski definition) is 0. The summed E-state index contributed by atoms with van der Waals surface area (Å²) in [4.78, 5) is 7.54. The average Bonchev–Trinajstić information content (AvgIpc) is 4.31. The first-order chi connectivity index (χ1) is 35.7. The molecule has 1 saturated carbocycles. The van der Waals surface area contributed by atoms with Crippen molar-refractivity contribution in [3.05, 3.63) is 255 Å². The van der Waals surface area contributed by atoms with E-state index in [1.54, 1.807) is 0 Å². The van der Waals surface area contributed by atoms with Crippen LogP contribution in [0.3, 0.4) is 0 Å². The Kier molecular flexibility index (Phi) is 10.8. The summed E-state index contributed by atoms with van der Waals surface area (Å²) < 4.78 is 0. The van der Waals surface area contributed by atoms with E-state index < -0.39 is 0 Å². The van der Waals surface area contributed by atoms with Gasteiger partial charge in [0.1, 0.15) is 0 Å². The van der Waals surface area contributed by atoms with Crippen molar-refractivity contribution < 1.29 is 0 Å². The lowest BCUT2D eigenvalue weighted by Gasteiger charge is -2.30. The highest BCUT2D eigenvalue weighted by Crippen LogP contribution is 2.59. The Hall–Kier alpha value is -7.56. The fraction of sp³-hybridized carbons (Fsp3) is 0.130. The third kappa shape index (κ3) is 7.32. The lowest BCUT2D eigenvalue weighted by molar-refractivity contribution is 0.550. The second kappa shape index (κ2) is 17.9. The van der Waals surface area contributed by atoms with Crippen molar-refractivity contribution in [2.45, 2.75) is 55.8 Å². The van der Waals surface area contributed by atoms with Crippen LogP contribution in [-0.4, -0.2) is 0 Å². The molecule has 0 amide bonds. The van der Waals surface area contributed by atoms with Gasteiger partial charge in [-0.25, -0.2) is 0 Å². The average molecular weight is 960 g/mol. The fourth-order valence-corrected chi connectivity index (χ4v) is 14.6. The van der Waals surface area contributed by atoms with E-state index in [0.29, 0.717) is 11.8 Å². The van der Waals surface area contributed by atoms with Gasteiger partial charge in [0.05, 0.1) is 0 Å². The first-order valence-electron chi connectivity index (χ1n) is 25.8. The first kappa shape index (κ1) is 43.2. The Balaban J connectivity index is 0.752. The van der Waals surface area contributed by atoms with Gasteiger partial charge in [0.25, 0.3) is 0 Å². The van der Waals surface area contributed by atoms with Crippen LogP contribution in [-0.2, 0) is 5.41 Å². The zero-order valence-corrected chi connectivity index (χ0v) is 41.8. The molecule has 1 spiro atoms. The summed E-state index contributed by atoms with van der Waals surface area (Å²) in [7, 11) is 0. The van der Waals surface area contributed by atoms with Crippen LogP contribution in [0.1, 0.15) is 92.8 Å². The van der Waals surface area contributed by atoms with Gasteiger partial charge >= 0.3 is 0 Å². The maximum atomic E-state index is 2.58. The monoisotopic (exact) mass is 959 g/mol. The molecule has 7 aromatic carbocycles. The molecule has 2 atom stereocenters. The largest absolute Gasteiger partial charge is 0.310 e. The molecule has 2 unspecified atom stereocenters. The third-order valence-corrected chi connectivity index (χ3v) is 18.2. The number of fused-ring (bicyclic) bond motifs is 8. The molecule has 346 valence electrons. The molecular weight excluding hydrogens is 907 g/mol. The van der Waals surface area contributed by atoms with Crippen molar-refractivity contribution in [1.29, 1.82) is 0 Å². The molecular formula is C69H53NS2. The third-order valence-electron chi connectivity index (χ3n) is 16.1. The summed E-state index contributed by atoms with van der Waals surface area (Å²) in [6.45, 7) is 0. The number of rotatable bonds is 10. The van der Waals surface area contributed by atoms with Gasteiger partial charge in [-0.15, -0.1) is 22.7 Å². The molecule has 0 aliphatic heterocycles. The highest BCUT2D eigenvalue weighted by atomic mass is 32.1. The summed E-state index contributed by atoms with van der Waals surface area (Å²) in [6.07, 6.45) is 34.6. The summed E-state index contributed by atoms with van der Waals surface area (Å²) in [5.74, 6) is 0.638. The van der Waals surface area contributed by atoms with Crippen molar-refractivity contribution in [3.63, 3.8) is 0 Å². The Morgan fingerprint density at radius 3 is 1.75 bits per heavy atom. The van der Waals surface area contributed by atoms with E-state index in [9.17, 15) is 0 Å². The van der Waals surface area contributed by atoms with E-state index >= 15 is 0 Å². The van der Waals surface area contributed by atoms with Gasteiger partial charge in [-0.3, -0.25) is 0 Å².